The van der Waals surface area contributed by atoms with Crippen molar-refractivity contribution in [3.63, 3.8) is 0 Å². The monoisotopic (exact) mass is 644 g/mol. The molecule has 146 valence electrons. The summed E-state index contributed by atoms with van der Waals surface area (Å²) in [6.45, 7) is 0. The van der Waals surface area contributed by atoms with Crippen LogP contribution in [0.25, 0.3) is 33.4 Å². The minimum Gasteiger partial charge on any atom is -0.505 e. The molecule has 0 aromatic heterocycles. The molecule has 2 aliphatic rings. The zero-order valence-electron chi connectivity index (χ0n) is 14.1. The molecular formula is C20H8Br4O5. The standard InChI is InChI=1S/C20H8Br4O5/c21-11-5-9-13(7-1-3-8(4-2-7)20(27)28)10-6-12(22)17(26)15(24)19(10)29-18(9)14(23)16(11)25/h1-6,25H,(H,27,28). The van der Waals surface area contributed by atoms with Crippen molar-refractivity contribution in [2.45, 2.75) is 0 Å². The van der Waals surface area contributed by atoms with Crippen LogP contribution < -0.4 is 5.43 Å². The van der Waals surface area contributed by atoms with Crippen molar-refractivity contribution in [3.8, 4) is 28.2 Å². The van der Waals surface area contributed by atoms with Gasteiger partial charge in [-0.1, -0.05) is 12.1 Å². The van der Waals surface area contributed by atoms with Gasteiger partial charge in [0.25, 0.3) is 0 Å². The van der Waals surface area contributed by atoms with E-state index in [2.05, 4.69) is 63.7 Å². The van der Waals surface area contributed by atoms with Crippen LogP contribution in [-0.2, 0) is 0 Å². The quantitative estimate of drug-likeness (QED) is 0.229. The van der Waals surface area contributed by atoms with E-state index < -0.39 is 5.97 Å². The summed E-state index contributed by atoms with van der Waals surface area (Å²) >= 11 is 13.3. The van der Waals surface area contributed by atoms with Crippen LogP contribution >= 0.6 is 63.7 Å². The number of phenols is 1. The van der Waals surface area contributed by atoms with Crippen LogP contribution in [0.4, 0.5) is 0 Å². The Kier molecular flexibility index (Phi) is 5.35. The van der Waals surface area contributed by atoms with Crippen molar-refractivity contribution in [3.05, 3.63) is 70.1 Å². The van der Waals surface area contributed by atoms with Crippen LogP contribution in [0.2, 0.25) is 0 Å². The van der Waals surface area contributed by atoms with E-state index in [0.29, 0.717) is 35.7 Å². The van der Waals surface area contributed by atoms with Crippen molar-refractivity contribution >= 4 is 80.7 Å². The maximum Gasteiger partial charge on any atom is 0.335 e. The zero-order valence-corrected chi connectivity index (χ0v) is 20.4. The summed E-state index contributed by atoms with van der Waals surface area (Å²) in [6.07, 6.45) is 0. The van der Waals surface area contributed by atoms with Gasteiger partial charge in [0, 0.05) is 16.5 Å². The Morgan fingerprint density at radius 2 is 1.59 bits per heavy atom. The molecule has 29 heavy (non-hydrogen) atoms. The second-order valence-corrected chi connectivity index (χ2v) is 9.43. The van der Waals surface area contributed by atoms with Gasteiger partial charge in [0.05, 0.1) is 14.5 Å². The molecular weight excluding hydrogens is 640 g/mol. The van der Waals surface area contributed by atoms with E-state index >= 15 is 0 Å². The van der Waals surface area contributed by atoms with Gasteiger partial charge in [-0.25, -0.2) is 4.79 Å². The Labute approximate surface area is 197 Å². The summed E-state index contributed by atoms with van der Waals surface area (Å²) in [7, 11) is 0. The molecule has 0 bridgehead atoms. The molecule has 0 saturated carbocycles. The van der Waals surface area contributed by atoms with Gasteiger partial charge < -0.3 is 14.6 Å². The highest BCUT2D eigenvalue weighted by Crippen LogP contribution is 2.48. The molecule has 0 amide bonds. The van der Waals surface area contributed by atoms with Gasteiger partial charge in [0.1, 0.15) is 14.7 Å². The van der Waals surface area contributed by atoms with Crippen LogP contribution in [0.15, 0.2) is 63.5 Å². The van der Waals surface area contributed by atoms with Gasteiger partial charge in [-0.2, -0.15) is 0 Å². The van der Waals surface area contributed by atoms with Crippen molar-refractivity contribution < 1.29 is 19.4 Å². The lowest BCUT2D eigenvalue weighted by Crippen LogP contribution is -2.06. The molecule has 0 saturated heterocycles. The predicted octanol–water partition coefficient (Wildman–Crippen LogP) is 7.02. The molecule has 2 aromatic rings. The molecule has 2 N–H and O–H groups in total. The Bertz CT molecular complexity index is 1340. The van der Waals surface area contributed by atoms with E-state index in [0.717, 1.165) is 11.1 Å². The average molecular weight is 648 g/mol. The second-order valence-electron chi connectivity index (χ2n) is 6.14. The highest BCUT2D eigenvalue weighted by Gasteiger charge is 2.25. The Morgan fingerprint density at radius 1 is 0.931 bits per heavy atom. The molecule has 5 nitrogen and oxygen atoms in total. The molecule has 0 atom stereocenters. The summed E-state index contributed by atoms with van der Waals surface area (Å²) < 4.78 is 7.39. The number of rotatable bonds is 2. The normalized spacial score (nSPS) is 11.3. The molecule has 0 radical (unpaired) electrons. The minimum absolute atomic E-state index is 0.0386. The number of halogens is 4. The molecule has 0 fully saturated rings. The lowest BCUT2D eigenvalue weighted by molar-refractivity contribution is 0.0697. The first kappa shape index (κ1) is 20.6. The zero-order chi connectivity index (χ0) is 21.0. The third kappa shape index (κ3) is 3.34. The third-order valence-corrected chi connectivity index (χ3v) is 7.09. The van der Waals surface area contributed by atoms with E-state index in [4.69, 9.17) is 4.42 Å². The van der Waals surface area contributed by atoms with Crippen LogP contribution in [0.5, 0.6) is 5.75 Å². The fourth-order valence-electron chi connectivity index (χ4n) is 3.08. The van der Waals surface area contributed by atoms with E-state index in [9.17, 15) is 19.8 Å². The molecule has 1 aliphatic heterocycles. The number of carboxylic acid groups (broad SMARTS) is 1. The number of phenolic OH excluding ortho intramolecular Hbond substituents is 1. The lowest BCUT2D eigenvalue weighted by Gasteiger charge is -2.18. The predicted molar refractivity (Wildman–Crippen MR) is 124 cm³/mol. The number of hydrogen-bond acceptors (Lipinski definition) is 4. The van der Waals surface area contributed by atoms with Crippen LogP contribution in [-0.4, -0.2) is 16.2 Å². The average Bonchev–Trinajstić information content (AvgIpc) is 2.70. The number of benzene rings is 3. The van der Waals surface area contributed by atoms with E-state index in [1.165, 1.54) is 12.1 Å². The van der Waals surface area contributed by atoms with Crippen molar-refractivity contribution in [1.29, 1.82) is 0 Å². The van der Waals surface area contributed by atoms with Gasteiger partial charge in [-0.15, -0.1) is 0 Å². The summed E-state index contributed by atoms with van der Waals surface area (Å²) in [6, 6.07) is 9.79. The summed E-state index contributed by atoms with van der Waals surface area (Å²) in [5.74, 6) is -0.750. The SMILES string of the molecule is O=C(O)c1ccc(-c2c3cc(Br)c(=O)c(Br)c-3oc3c(Br)c(O)c(Br)cc23)cc1. The maximum absolute atomic E-state index is 12.4. The van der Waals surface area contributed by atoms with E-state index in [1.54, 1.807) is 24.3 Å². The minimum atomic E-state index is -1.02. The highest BCUT2D eigenvalue weighted by atomic mass is 79.9. The molecule has 0 spiro atoms. The topological polar surface area (TPSA) is 87.7 Å². The van der Waals surface area contributed by atoms with E-state index in [-0.39, 0.29) is 21.2 Å². The second kappa shape index (κ2) is 7.54. The van der Waals surface area contributed by atoms with Crippen LogP contribution in [0.1, 0.15) is 10.4 Å². The van der Waals surface area contributed by atoms with Crippen molar-refractivity contribution in [2.24, 2.45) is 0 Å². The molecule has 1 aliphatic carbocycles. The van der Waals surface area contributed by atoms with Crippen molar-refractivity contribution in [1.82, 2.24) is 0 Å². The van der Waals surface area contributed by atoms with Gasteiger partial charge in [-0.05, 0) is 93.5 Å². The van der Waals surface area contributed by atoms with Gasteiger partial charge in [-0.3, -0.25) is 4.79 Å². The number of carboxylic acids is 1. The van der Waals surface area contributed by atoms with Gasteiger partial charge in [0.2, 0.25) is 5.43 Å². The Morgan fingerprint density at radius 3 is 2.21 bits per heavy atom. The summed E-state index contributed by atoms with van der Waals surface area (Å²) in [5, 5.41) is 20.2. The summed E-state index contributed by atoms with van der Waals surface area (Å²) in [4.78, 5) is 23.6. The van der Waals surface area contributed by atoms with Crippen molar-refractivity contribution in [2.75, 3.05) is 0 Å². The molecule has 9 heteroatoms. The molecule has 2 aromatic carbocycles. The molecule has 1 heterocycles. The van der Waals surface area contributed by atoms with E-state index in [1.807, 2.05) is 0 Å². The third-order valence-electron chi connectivity index (χ3n) is 4.44. The van der Waals surface area contributed by atoms with Gasteiger partial charge >= 0.3 is 5.97 Å². The maximum atomic E-state index is 12.4. The highest BCUT2D eigenvalue weighted by molar-refractivity contribution is 9.11. The number of fused-ring (bicyclic) bond motifs is 2. The van der Waals surface area contributed by atoms with Gasteiger partial charge in [0.15, 0.2) is 11.3 Å². The largest absolute Gasteiger partial charge is 0.505 e. The number of aromatic hydroxyl groups is 1. The fourth-order valence-corrected chi connectivity index (χ4v) is 5.49. The molecule has 0 unspecified atom stereocenters. The smallest absolute Gasteiger partial charge is 0.335 e. The first-order valence-corrected chi connectivity index (χ1v) is 11.2. The number of hydrogen-bond donors (Lipinski definition) is 2. The fraction of sp³-hybridized carbons (Fsp3) is 0. The first-order chi connectivity index (χ1) is 13.7. The summed E-state index contributed by atoms with van der Waals surface area (Å²) in [5.41, 5.74) is 2.32. The van der Waals surface area contributed by atoms with Crippen LogP contribution in [0, 0.1) is 0 Å². The first-order valence-electron chi connectivity index (χ1n) is 8.00. The lowest BCUT2D eigenvalue weighted by atomic mass is 9.93. The number of carbonyl (C=O) groups is 1. The number of aromatic carboxylic acids is 1. The Hall–Kier alpha value is -1.68. The molecule has 4 rings (SSSR count). The van der Waals surface area contributed by atoms with Crippen LogP contribution in [0.3, 0.4) is 0 Å². The Balaban J connectivity index is 2.22.